The van der Waals surface area contributed by atoms with Crippen molar-refractivity contribution in [2.75, 3.05) is 38.5 Å². The molecule has 0 unspecified atom stereocenters. The van der Waals surface area contributed by atoms with Crippen molar-refractivity contribution >= 4 is 17.5 Å². The number of anilines is 1. The summed E-state index contributed by atoms with van der Waals surface area (Å²) in [5.74, 6) is -0.937. The summed E-state index contributed by atoms with van der Waals surface area (Å²) in [6.45, 7) is 3.16. The second-order valence-corrected chi connectivity index (χ2v) is 5.99. The highest BCUT2D eigenvalue weighted by Crippen LogP contribution is 2.14. The van der Waals surface area contributed by atoms with Gasteiger partial charge in [-0.3, -0.25) is 9.59 Å². The van der Waals surface area contributed by atoms with Crippen molar-refractivity contribution in [2.45, 2.75) is 0 Å². The highest BCUT2D eigenvalue weighted by molar-refractivity contribution is 6.03. The number of aromatic nitrogens is 1. The van der Waals surface area contributed by atoms with Gasteiger partial charge >= 0.3 is 0 Å². The molecule has 1 saturated heterocycles. The van der Waals surface area contributed by atoms with Gasteiger partial charge in [0.2, 0.25) is 0 Å². The molecule has 2 amide bonds. The number of carbonyl (C=O) groups is 2. The molecule has 0 bridgehead atoms. The molecule has 0 atom stereocenters. The van der Waals surface area contributed by atoms with E-state index in [0.29, 0.717) is 24.3 Å². The fraction of sp³-hybridized carbons (Fsp3) is 0.278. The average molecular weight is 342 g/mol. The van der Waals surface area contributed by atoms with Gasteiger partial charge in [-0.2, -0.15) is 0 Å². The molecule has 0 aliphatic carbocycles. The third-order valence-electron chi connectivity index (χ3n) is 4.14. The van der Waals surface area contributed by atoms with E-state index in [9.17, 15) is 14.0 Å². The van der Waals surface area contributed by atoms with Gasteiger partial charge in [-0.05, 0) is 43.4 Å². The molecule has 0 saturated carbocycles. The van der Waals surface area contributed by atoms with E-state index in [1.54, 1.807) is 24.3 Å². The summed E-state index contributed by atoms with van der Waals surface area (Å²) in [7, 11) is 2.04. The summed E-state index contributed by atoms with van der Waals surface area (Å²) in [6.07, 6.45) is 0.993. The number of amides is 2. The molecule has 1 fully saturated rings. The van der Waals surface area contributed by atoms with Crippen LogP contribution in [0.3, 0.4) is 0 Å². The molecule has 0 spiro atoms. The Morgan fingerprint density at radius 2 is 1.72 bits per heavy atom. The number of halogens is 1. The molecule has 1 aliphatic heterocycles. The predicted octanol–water partition coefficient (Wildman–Crippen LogP) is 1.86. The fourth-order valence-corrected chi connectivity index (χ4v) is 2.59. The zero-order chi connectivity index (χ0) is 17.8. The van der Waals surface area contributed by atoms with Crippen molar-refractivity contribution in [1.82, 2.24) is 14.8 Å². The maximum atomic E-state index is 12.8. The lowest BCUT2D eigenvalue weighted by atomic mass is 10.1. The van der Waals surface area contributed by atoms with Gasteiger partial charge in [0.05, 0.1) is 6.20 Å². The van der Waals surface area contributed by atoms with Crippen LogP contribution in [0.1, 0.15) is 20.8 Å². The van der Waals surface area contributed by atoms with Gasteiger partial charge in [0.1, 0.15) is 11.5 Å². The van der Waals surface area contributed by atoms with E-state index in [4.69, 9.17) is 0 Å². The molecule has 7 heteroatoms. The minimum absolute atomic E-state index is 0.00817. The van der Waals surface area contributed by atoms with Gasteiger partial charge in [-0.1, -0.05) is 0 Å². The normalized spacial score (nSPS) is 15.0. The first-order valence-electron chi connectivity index (χ1n) is 8.04. The van der Waals surface area contributed by atoms with Crippen LogP contribution in [-0.2, 0) is 0 Å². The van der Waals surface area contributed by atoms with Crippen molar-refractivity contribution in [2.24, 2.45) is 0 Å². The van der Waals surface area contributed by atoms with Gasteiger partial charge < -0.3 is 15.1 Å². The van der Waals surface area contributed by atoms with E-state index >= 15 is 0 Å². The van der Waals surface area contributed by atoms with Crippen LogP contribution in [0.2, 0.25) is 0 Å². The van der Waals surface area contributed by atoms with E-state index in [-0.39, 0.29) is 11.6 Å². The molecule has 25 heavy (non-hydrogen) atoms. The molecular weight excluding hydrogens is 323 g/mol. The Labute approximate surface area is 145 Å². The van der Waals surface area contributed by atoms with Crippen LogP contribution in [-0.4, -0.2) is 59.8 Å². The number of hydrogen-bond acceptors (Lipinski definition) is 4. The fourth-order valence-electron chi connectivity index (χ4n) is 2.59. The first-order chi connectivity index (χ1) is 12.0. The number of nitrogens with one attached hydrogen (secondary N) is 1. The Hall–Kier alpha value is -2.80. The number of rotatable bonds is 3. The Kier molecular flexibility index (Phi) is 5.04. The number of piperazine rings is 1. The van der Waals surface area contributed by atoms with Crippen LogP contribution < -0.4 is 5.32 Å². The molecule has 2 heterocycles. The van der Waals surface area contributed by atoms with Crippen LogP contribution >= 0.6 is 0 Å². The van der Waals surface area contributed by atoms with Crippen LogP contribution in [0, 0.1) is 5.82 Å². The van der Waals surface area contributed by atoms with E-state index in [1.807, 2.05) is 11.9 Å². The van der Waals surface area contributed by atoms with Crippen molar-refractivity contribution in [3.8, 4) is 0 Å². The van der Waals surface area contributed by atoms with Crippen molar-refractivity contribution in [3.63, 3.8) is 0 Å². The zero-order valence-corrected chi connectivity index (χ0v) is 13.9. The quantitative estimate of drug-likeness (QED) is 0.925. The largest absolute Gasteiger partial charge is 0.336 e. The second-order valence-electron chi connectivity index (χ2n) is 5.99. The van der Waals surface area contributed by atoms with Gasteiger partial charge in [-0.15, -0.1) is 0 Å². The monoisotopic (exact) mass is 342 g/mol. The topological polar surface area (TPSA) is 65.5 Å². The maximum absolute atomic E-state index is 12.8. The second kappa shape index (κ2) is 7.40. The summed E-state index contributed by atoms with van der Waals surface area (Å²) in [4.78, 5) is 32.3. The lowest BCUT2D eigenvalue weighted by molar-refractivity contribution is 0.0664. The molecule has 0 radical (unpaired) electrons. The number of likely N-dealkylation sites (N-methyl/N-ethyl adjacent to an activating group) is 1. The summed E-state index contributed by atoms with van der Waals surface area (Å²) < 4.78 is 12.8. The lowest BCUT2D eigenvalue weighted by Gasteiger charge is -2.32. The van der Waals surface area contributed by atoms with Crippen LogP contribution in [0.5, 0.6) is 0 Å². The van der Waals surface area contributed by atoms with E-state index in [2.05, 4.69) is 15.2 Å². The van der Waals surface area contributed by atoms with E-state index in [0.717, 1.165) is 19.3 Å². The number of carbonyl (C=O) groups excluding carboxylic acids is 2. The van der Waals surface area contributed by atoms with Crippen molar-refractivity contribution in [3.05, 3.63) is 59.7 Å². The summed E-state index contributed by atoms with van der Waals surface area (Å²) in [5.41, 5.74) is 1.26. The van der Waals surface area contributed by atoms with Crippen LogP contribution in [0.4, 0.5) is 10.1 Å². The number of benzene rings is 1. The van der Waals surface area contributed by atoms with Crippen LogP contribution in [0.15, 0.2) is 42.6 Å². The Balaban J connectivity index is 1.63. The Morgan fingerprint density at radius 1 is 1.04 bits per heavy atom. The first-order valence-corrected chi connectivity index (χ1v) is 8.04. The highest BCUT2D eigenvalue weighted by Gasteiger charge is 2.20. The molecule has 130 valence electrons. The Bertz CT molecular complexity index is 754. The molecular formula is C18H19FN4O2. The maximum Gasteiger partial charge on any atom is 0.274 e. The third-order valence-corrected chi connectivity index (χ3v) is 4.14. The molecule has 2 aromatic rings. The van der Waals surface area contributed by atoms with Crippen molar-refractivity contribution < 1.29 is 14.0 Å². The average Bonchev–Trinajstić information content (AvgIpc) is 2.63. The standard InChI is InChI=1S/C18H19FN4O2/c1-22-8-10-23(11-9-22)18(25)13-2-5-15(6-3-13)21-17(24)16-7-4-14(19)12-20-16/h2-7,12H,8-11H2,1H3,(H,21,24). The van der Waals surface area contributed by atoms with E-state index < -0.39 is 11.7 Å². The third kappa shape index (κ3) is 4.19. The Morgan fingerprint density at radius 3 is 2.32 bits per heavy atom. The van der Waals surface area contributed by atoms with Gasteiger partial charge in [0, 0.05) is 37.4 Å². The van der Waals surface area contributed by atoms with Gasteiger partial charge in [-0.25, -0.2) is 9.37 Å². The first kappa shape index (κ1) is 17.0. The van der Waals surface area contributed by atoms with Crippen molar-refractivity contribution in [1.29, 1.82) is 0 Å². The minimum Gasteiger partial charge on any atom is -0.336 e. The molecule has 3 rings (SSSR count). The van der Waals surface area contributed by atoms with Gasteiger partial charge in [0.25, 0.3) is 11.8 Å². The molecule has 1 aromatic carbocycles. The number of nitrogens with zero attached hydrogens (tertiary/aromatic N) is 3. The van der Waals surface area contributed by atoms with Crippen LogP contribution in [0.25, 0.3) is 0 Å². The summed E-state index contributed by atoms with van der Waals surface area (Å²) in [6, 6.07) is 9.22. The zero-order valence-electron chi connectivity index (χ0n) is 13.9. The number of hydrogen-bond donors (Lipinski definition) is 1. The SMILES string of the molecule is CN1CCN(C(=O)c2ccc(NC(=O)c3ccc(F)cn3)cc2)CC1. The van der Waals surface area contributed by atoms with E-state index in [1.165, 1.54) is 12.1 Å². The lowest BCUT2D eigenvalue weighted by Crippen LogP contribution is -2.47. The molecule has 6 nitrogen and oxygen atoms in total. The summed E-state index contributed by atoms with van der Waals surface area (Å²) in [5, 5.41) is 2.67. The molecule has 1 aliphatic rings. The van der Waals surface area contributed by atoms with Gasteiger partial charge in [0.15, 0.2) is 0 Å². The molecule has 1 aromatic heterocycles. The minimum atomic E-state index is -0.497. The smallest absolute Gasteiger partial charge is 0.274 e. The highest BCUT2D eigenvalue weighted by atomic mass is 19.1. The predicted molar refractivity (Wildman–Crippen MR) is 92.0 cm³/mol. The number of pyridine rings is 1. The summed E-state index contributed by atoms with van der Waals surface area (Å²) >= 11 is 0. The molecule has 1 N–H and O–H groups in total.